The van der Waals surface area contributed by atoms with E-state index in [0.29, 0.717) is 63.3 Å². The van der Waals surface area contributed by atoms with Crippen molar-refractivity contribution in [1.82, 2.24) is 19.6 Å². The fraction of sp³-hybridized carbons (Fsp3) is 0.533. The number of urea groups is 1. The Morgan fingerprint density at radius 3 is 2.05 bits per heavy atom. The highest BCUT2D eigenvalue weighted by molar-refractivity contribution is 5.75. The third kappa shape index (κ3) is 7.79. The van der Waals surface area contributed by atoms with Gasteiger partial charge in [0.2, 0.25) is 5.91 Å². The van der Waals surface area contributed by atoms with Gasteiger partial charge in [0.05, 0.1) is 17.2 Å². The molecule has 2 heterocycles. The van der Waals surface area contributed by atoms with Crippen LogP contribution in [0.3, 0.4) is 0 Å². The Bertz CT molecular complexity index is 1290. The van der Waals surface area contributed by atoms with Crippen LogP contribution >= 0.6 is 0 Å². The van der Waals surface area contributed by atoms with E-state index in [2.05, 4.69) is 4.90 Å². The highest BCUT2D eigenvalue weighted by Crippen LogP contribution is 2.38. The van der Waals surface area contributed by atoms with Crippen LogP contribution in [0.1, 0.15) is 53.6 Å². The standard InChI is InChI=1S/C30H35F7N4O2/c1-19-14-24(31)4-5-26(19)27-18-25(40-12-10-39(11-13-40)20(2)42)7-9-41(27)28(43)38(3)8-6-21-15-22(29(32,33)34)17-23(16-21)30(35,36)37/h4-5,14-17,25,27H,6-13,18H2,1-3H3. The molecule has 3 amide bonds. The van der Waals surface area contributed by atoms with Crippen molar-refractivity contribution in [3.8, 4) is 0 Å². The van der Waals surface area contributed by atoms with Crippen LogP contribution in [0.5, 0.6) is 0 Å². The predicted octanol–water partition coefficient (Wildman–Crippen LogP) is 6.14. The van der Waals surface area contributed by atoms with E-state index >= 15 is 0 Å². The number of hydrogen-bond donors (Lipinski definition) is 0. The number of likely N-dealkylation sites (tertiary alicyclic amines) is 1. The number of alkyl halides is 6. The number of amides is 3. The van der Waals surface area contributed by atoms with Gasteiger partial charge < -0.3 is 14.7 Å². The summed E-state index contributed by atoms with van der Waals surface area (Å²) < 4.78 is 93.8. The Morgan fingerprint density at radius 2 is 1.51 bits per heavy atom. The number of carbonyl (C=O) groups is 2. The monoisotopic (exact) mass is 616 g/mol. The van der Waals surface area contributed by atoms with Gasteiger partial charge in [-0.15, -0.1) is 0 Å². The molecule has 2 fully saturated rings. The predicted molar refractivity (Wildman–Crippen MR) is 146 cm³/mol. The summed E-state index contributed by atoms with van der Waals surface area (Å²) >= 11 is 0. The van der Waals surface area contributed by atoms with Crippen molar-refractivity contribution in [2.75, 3.05) is 46.3 Å². The zero-order valence-electron chi connectivity index (χ0n) is 24.2. The summed E-state index contributed by atoms with van der Waals surface area (Å²) in [6, 6.07) is 5.06. The number of likely N-dealkylation sites (N-methyl/N-ethyl adjacent to an activating group) is 1. The average Bonchev–Trinajstić information content (AvgIpc) is 2.94. The zero-order valence-corrected chi connectivity index (χ0v) is 24.2. The van der Waals surface area contributed by atoms with Crippen LogP contribution in [-0.2, 0) is 23.6 Å². The first kappa shape index (κ1) is 32.6. The highest BCUT2D eigenvalue weighted by Gasteiger charge is 2.39. The molecule has 0 aliphatic carbocycles. The molecule has 2 atom stereocenters. The first-order valence-corrected chi connectivity index (χ1v) is 14.1. The van der Waals surface area contributed by atoms with E-state index in [4.69, 9.17) is 0 Å². The lowest BCUT2D eigenvalue weighted by atomic mass is 9.88. The molecule has 0 aromatic heterocycles. The minimum atomic E-state index is -4.96. The minimum Gasteiger partial charge on any atom is -0.340 e. The summed E-state index contributed by atoms with van der Waals surface area (Å²) in [5, 5.41) is 0. The maximum atomic E-state index is 14.0. The number of piperidine rings is 1. The topological polar surface area (TPSA) is 47.1 Å². The van der Waals surface area contributed by atoms with Gasteiger partial charge in [-0.05, 0) is 73.2 Å². The molecular weight excluding hydrogens is 581 g/mol. The molecular formula is C30H35F7N4O2. The molecule has 0 bridgehead atoms. The van der Waals surface area contributed by atoms with E-state index in [-0.39, 0.29) is 36.5 Å². The molecule has 2 saturated heterocycles. The number of benzene rings is 2. The lowest BCUT2D eigenvalue weighted by Gasteiger charge is -2.47. The second-order valence-corrected chi connectivity index (χ2v) is 11.3. The van der Waals surface area contributed by atoms with Crippen LogP contribution in [0.25, 0.3) is 0 Å². The molecule has 236 valence electrons. The first-order chi connectivity index (χ1) is 20.0. The molecule has 2 aliphatic rings. The number of carbonyl (C=O) groups excluding carboxylic acids is 2. The molecule has 2 aromatic rings. The number of aryl methyl sites for hydroxylation is 1. The Morgan fingerprint density at radius 1 is 0.907 bits per heavy atom. The van der Waals surface area contributed by atoms with Crippen molar-refractivity contribution in [2.45, 2.75) is 57.5 Å². The number of nitrogens with zero attached hydrogens (tertiary/aromatic N) is 4. The van der Waals surface area contributed by atoms with Gasteiger partial charge in [0.1, 0.15) is 5.82 Å². The van der Waals surface area contributed by atoms with Gasteiger partial charge in [0.15, 0.2) is 0 Å². The Balaban J connectivity index is 1.52. The van der Waals surface area contributed by atoms with Gasteiger partial charge in [-0.25, -0.2) is 9.18 Å². The fourth-order valence-corrected chi connectivity index (χ4v) is 5.99. The lowest BCUT2D eigenvalue weighted by molar-refractivity contribution is -0.143. The lowest BCUT2D eigenvalue weighted by Crippen LogP contribution is -2.56. The smallest absolute Gasteiger partial charge is 0.340 e. The normalized spacial score (nSPS) is 20.3. The van der Waals surface area contributed by atoms with Gasteiger partial charge in [0, 0.05) is 59.3 Å². The van der Waals surface area contributed by atoms with Gasteiger partial charge >= 0.3 is 18.4 Å². The van der Waals surface area contributed by atoms with Crippen molar-refractivity contribution in [3.63, 3.8) is 0 Å². The van der Waals surface area contributed by atoms with E-state index in [1.54, 1.807) is 22.8 Å². The van der Waals surface area contributed by atoms with Crippen molar-refractivity contribution < 1.29 is 40.3 Å². The summed E-state index contributed by atoms with van der Waals surface area (Å²) in [5.74, 6) is -0.397. The third-order valence-corrected chi connectivity index (χ3v) is 8.40. The zero-order chi connectivity index (χ0) is 31.7. The maximum Gasteiger partial charge on any atom is 0.416 e. The van der Waals surface area contributed by atoms with Crippen LogP contribution in [0.4, 0.5) is 35.5 Å². The Hall–Kier alpha value is -3.35. The van der Waals surface area contributed by atoms with Gasteiger partial charge in [-0.2, -0.15) is 26.3 Å². The SMILES string of the molecule is CC(=O)N1CCN(C2CCN(C(=O)N(C)CCc3cc(C(F)(F)F)cc(C(F)(F)F)c3)C(c3ccc(F)cc3C)C2)CC1. The summed E-state index contributed by atoms with van der Waals surface area (Å²) in [4.78, 5) is 32.5. The maximum absolute atomic E-state index is 14.0. The van der Waals surface area contributed by atoms with E-state index in [1.807, 2.05) is 0 Å². The number of hydrogen-bond acceptors (Lipinski definition) is 3. The average molecular weight is 617 g/mol. The van der Waals surface area contributed by atoms with E-state index < -0.39 is 41.4 Å². The summed E-state index contributed by atoms with van der Waals surface area (Å²) in [7, 11) is 1.46. The molecule has 0 saturated carbocycles. The summed E-state index contributed by atoms with van der Waals surface area (Å²) in [6.45, 7) is 6.10. The van der Waals surface area contributed by atoms with Crippen LogP contribution < -0.4 is 0 Å². The molecule has 0 spiro atoms. The molecule has 13 heteroatoms. The molecule has 0 radical (unpaired) electrons. The third-order valence-electron chi connectivity index (χ3n) is 8.40. The molecule has 2 aromatic carbocycles. The minimum absolute atomic E-state index is 0.0164. The van der Waals surface area contributed by atoms with Crippen LogP contribution in [0, 0.1) is 12.7 Å². The second-order valence-electron chi connectivity index (χ2n) is 11.3. The van der Waals surface area contributed by atoms with E-state index in [0.717, 1.165) is 5.56 Å². The van der Waals surface area contributed by atoms with Gasteiger partial charge in [-0.3, -0.25) is 9.69 Å². The number of piperazine rings is 1. The second kappa shape index (κ2) is 12.7. The van der Waals surface area contributed by atoms with Crippen LogP contribution in [0.2, 0.25) is 0 Å². The summed E-state index contributed by atoms with van der Waals surface area (Å²) in [6.07, 6.45) is -8.94. The fourth-order valence-electron chi connectivity index (χ4n) is 5.99. The van der Waals surface area contributed by atoms with Crippen molar-refractivity contribution in [2.24, 2.45) is 0 Å². The van der Waals surface area contributed by atoms with Gasteiger partial charge in [-0.1, -0.05) is 6.07 Å². The largest absolute Gasteiger partial charge is 0.416 e. The molecule has 0 N–H and O–H groups in total. The number of rotatable bonds is 5. The Kier molecular flexibility index (Phi) is 9.63. The van der Waals surface area contributed by atoms with E-state index in [1.165, 1.54) is 31.0 Å². The van der Waals surface area contributed by atoms with Crippen molar-refractivity contribution >= 4 is 11.9 Å². The summed E-state index contributed by atoms with van der Waals surface area (Å²) in [5.41, 5.74) is -1.55. The van der Waals surface area contributed by atoms with Crippen molar-refractivity contribution in [1.29, 1.82) is 0 Å². The van der Waals surface area contributed by atoms with Crippen molar-refractivity contribution in [3.05, 3.63) is 70.0 Å². The molecule has 2 aliphatic heterocycles. The number of halogens is 7. The molecule has 43 heavy (non-hydrogen) atoms. The van der Waals surface area contributed by atoms with E-state index in [9.17, 15) is 40.3 Å². The molecule has 4 rings (SSSR count). The first-order valence-electron chi connectivity index (χ1n) is 14.1. The quantitative estimate of drug-likeness (QED) is 0.380. The molecule has 2 unspecified atom stereocenters. The Labute approximate surface area is 246 Å². The molecule has 6 nitrogen and oxygen atoms in total. The van der Waals surface area contributed by atoms with Crippen LogP contribution in [0.15, 0.2) is 36.4 Å². The highest BCUT2D eigenvalue weighted by atomic mass is 19.4. The van der Waals surface area contributed by atoms with Gasteiger partial charge in [0.25, 0.3) is 0 Å². The van der Waals surface area contributed by atoms with Crippen LogP contribution in [-0.4, -0.2) is 83.9 Å².